The van der Waals surface area contributed by atoms with Crippen LogP contribution in [-0.2, 0) is 19.1 Å². The minimum Gasteiger partial charge on any atom is -0.459 e. The molecule has 0 bridgehead atoms. The van der Waals surface area contributed by atoms with E-state index >= 15 is 0 Å². The smallest absolute Gasteiger partial charge is 0.341 e. The Morgan fingerprint density at radius 1 is 0.857 bits per heavy atom. The van der Waals surface area contributed by atoms with E-state index in [0.29, 0.717) is 0 Å². The van der Waals surface area contributed by atoms with E-state index in [9.17, 15) is 9.59 Å². The average molecular weight is 294 g/mol. The highest BCUT2D eigenvalue weighted by Crippen LogP contribution is 2.22. The Labute approximate surface area is 126 Å². The molecule has 21 heavy (non-hydrogen) atoms. The van der Waals surface area contributed by atoms with Crippen molar-refractivity contribution in [2.45, 2.75) is 76.4 Å². The van der Waals surface area contributed by atoms with Crippen LogP contribution in [0.1, 0.15) is 64.2 Å². The highest BCUT2D eigenvalue weighted by molar-refractivity contribution is 6.17. The lowest BCUT2D eigenvalue weighted by Gasteiger charge is -2.23. The van der Waals surface area contributed by atoms with Crippen molar-refractivity contribution in [2.24, 2.45) is 0 Å². The standard InChI is InChI=1S/C17H26O4/c1-13(17(19)21-15-10-6-3-7-11-15)16(18)12-20-14-8-4-2-5-9-14/h14-15H,1-12H2. The maximum absolute atomic E-state index is 11.9. The fourth-order valence-corrected chi connectivity index (χ4v) is 3.03. The molecular formula is C17H26O4. The summed E-state index contributed by atoms with van der Waals surface area (Å²) < 4.78 is 10.9. The summed E-state index contributed by atoms with van der Waals surface area (Å²) in [5, 5.41) is 0. The maximum Gasteiger partial charge on any atom is 0.341 e. The van der Waals surface area contributed by atoms with Crippen LogP contribution in [0.4, 0.5) is 0 Å². The van der Waals surface area contributed by atoms with Crippen molar-refractivity contribution in [1.82, 2.24) is 0 Å². The van der Waals surface area contributed by atoms with Crippen LogP contribution in [0.5, 0.6) is 0 Å². The SMILES string of the molecule is C=C(C(=O)COC1CCCCC1)C(=O)OC1CCCCC1. The molecule has 118 valence electrons. The molecule has 0 aliphatic heterocycles. The Morgan fingerprint density at radius 2 is 1.38 bits per heavy atom. The largest absolute Gasteiger partial charge is 0.459 e. The van der Waals surface area contributed by atoms with Crippen molar-refractivity contribution < 1.29 is 19.1 Å². The summed E-state index contributed by atoms with van der Waals surface area (Å²) in [5.74, 6) is -0.916. The van der Waals surface area contributed by atoms with Crippen molar-refractivity contribution in [3.63, 3.8) is 0 Å². The number of hydrogen-bond acceptors (Lipinski definition) is 4. The monoisotopic (exact) mass is 294 g/mol. The number of esters is 1. The quantitative estimate of drug-likeness (QED) is 0.326. The third-order valence-electron chi connectivity index (χ3n) is 4.41. The van der Waals surface area contributed by atoms with Gasteiger partial charge < -0.3 is 9.47 Å². The normalized spacial score (nSPS) is 21.0. The number of carbonyl (C=O) groups is 2. The first-order valence-corrected chi connectivity index (χ1v) is 8.21. The number of rotatable bonds is 6. The molecule has 4 nitrogen and oxygen atoms in total. The molecule has 0 aromatic heterocycles. The topological polar surface area (TPSA) is 52.6 Å². The van der Waals surface area contributed by atoms with E-state index in [-0.39, 0.29) is 30.2 Å². The Kier molecular flexibility index (Phi) is 6.43. The molecule has 0 aromatic carbocycles. The van der Waals surface area contributed by atoms with Crippen molar-refractivity contribution in [1.29, 1.82) is 0 Å². The molecule has 2 aliphatic carbocycles. The molecule has 0 aromatic rings. The van der Waals surface area contributed by atoms with Crippen LogP contribution in [0, 0.1) is 0 Å². The third kappa shape index (κ3) is 5.27. The van der Waals surface area contributed by atoms with E-state index in [1.807, 2.05) is 0 Å². The Balaban J connectivity index is 1.70. The fourth-order valence-electron chi connectivity index (χ4n) is 3.03. The van der Waals surface area contributed by atoms with Crippen LogP contribution in [0.2, 0.25) is 0 Å². The van der Waals surface area contributed by atoms with Crippen LogP contribution in [0.25, 0.3) is 0 Å². The summed E-state index contributed by atoms with van der Waals surface area (Å²) in [6.07, 6.45) is 10.8. The number of carbonyl (C=O) groups excluding carboxylic acids is 2. The molecule has 0 saturated heterocycles. The maximum atomic E-state index is 11.9. The van der Waals surface area contributed by atoms with Crippen molar-refractivity contribution >= 4 is 11.8 Å². The number of ketones is 1. The highest BCUT2D eigenvalue weighted by atomic mass is 16.5. The van der Waals surface area contributed by atoms with Gasteiger partial charge >= 0.3 is 5.97 Å². The zero-order chi connectivity index (χ0) is 15.1. The van der Waals surface area contributed by atoms with Crippen LogP contribution < -0.4 is 0 Å². The molecule has 0 radical (unpaired) electrons. The lowest BCUT2D eigenvalue weighted by atomic mass is 9.97. The van der Waals surface area contributed by atoms with Crippen molar-refractivity contribution in [2.75, 3.05) is 6.61 Å². The van der Waals surface area contributed by atoms with Crippen LogP contribution >= 0.6 is 0 Å². The van der Waals surface area contributed by atoms with Crippen molar-refractivity contribution in [3.05, 3.63) is 12.2 Å². The van der Waals surface area contributed by atoms with Gasteiger partial charge in [0.25, 0.3) is 0 Å². The van der Waals surface area contributed by atoms with Gasteiger partial charge in [0.2, 0.25) is 0 Å². The lowest BCUT2D eigenvalue weighted by molar-refractivity contribution is -0.147. The number of hydrogen-bond donors (Lipinski definition) is 0. The van der Waals surface area contributed by atoms with Gasteiger partial charge in [0, 0.05) is 0 Å². The minimum absolute atomic E-state index is 0.0462. The predicted molar refractivity (Wildman–Crippen MR) is 79.9 cm³/mol. The molecule has 2 aliphatic rings. The van der Waals surface area contributed by atoms with Crippen LogP contribution in [0.3, 0.4) is 0 Å². The summed E-state index contributed by atoms with van der Waals surface area (Å²) in [6.45, 7) is 3.53. The highest BCUT2D eigenvalue weighted by Gasteiger charge is 2.24. The van der Waals surface area contributed by atoms with E-state index in [0.717, 1.165) is 51.4 Å². The van der Waals surface area contributed by atoms with Gasteiger partial charge in [0.05, 0.1) is 11.7 Å². The predicted octanol–water partition coefficient (Wildman–Crippen LogP) is 3.34. The summed E-state index contributed by atoms with van der Waals surface area (Å²) in [4.78, 5) is 23.8. The Morgan fingerprint density at radius 3 is 1.95 bits per heavy atom. The molecule has 0 spiro atoms. The van der Waals surface area contributed by atoms with Gasteiger partial charge in [0.15, 0.2) is 5.78 Å². The Bertz CT molecular complexity index is 376. The molecular weight excluding hydrogens is 268 g/mol. The molecule has 2 saturated carbocycles. The van der Waals surface area contributed by atoms with Gasteiger partial charge in [-0.2, -0.15) is 0 Å². The van der Waals surface area contributed by atoms with Gasteiger partial charge in [-0.25, -0.2) is 4.79 Å². The van der Waals surface area contributed by atoms with Gasteiger partial charge in [-0.1, -0.05) is 32.3 Å². The lowest BCUT2D eigenvalue weighted by Crippen LogP contribution is -2.27. The van der Waals surface area contributed by atoms with E-state index in [1.165, 1.54) is 12.8 Å². The molecule has 2 fully saturated rings. The van der Waals surface area contributed by atoms with E-state index in [4.69, 9.17) is 9.47 Å². The summed E-state index contributed by atoms with van der Waals surface area (Å²) >= 11 is 0. The van der Waals surface area contributed by atoms with E-state index < -0.39 is 5.97 Å². The second kappa shape index (κ2) is 8.32. The van der Waals surface area contributed by atoms with Gasteiger partial charge in [-0.3, -0.25) is 4.79 Å². The summed E-state index contributed by atoms with van der Waals surface area (Å²) in [5.41, 5.74) is -0.0728. The first-order valence-electron chi connectivity index (χ1n) is 8.21. The van der Waals surface area contributed by atoms with Crippen LogP contribution in [0.15, 0.2) is 12.2 Å². The fraction of sp³-hybridized carbons (Fsp3) is 0.765. The van der Waals surface area contributed by atoms with Gasteiger partial charge in [-0.05, 0) is 38.5 Å². The number of ether oxygens (including phenoxy) is 2. The molecule has 2 rings (SSSR count). The average Bonchev–Trinajstić information content (AvgIpc) is 2.53. The van der Waals surface area contributed by atoms with E-state index in [2.05, 4.69) is 6.58 Å². The first-order chi connectivity index (χ1) is 10.2. The van der Waals surface area contributed by atoms with Crippen molar-refractivity contribution in [3.8, 4) is 0 Å². The molecule has 4 heteroatoms. The molecule has 0 N–H and O–H groups in total. The zero-order valence-electron chi connectivity index (χ0n) is 12.8. The summed E-state index contributed by atoms with van der Waals surface area (Å²) in [6, 6.07) is 0. The molecule has 0 unspecified atom stereocenters. The Hall–Kier alpha value is -1.16. The minimum atomic E-state index is -0.570. The third-order valence-corrected chi connectivity index (χ3v) is 4.41. The first kappa shape index (κ1) is 16.2. The second-order valence-electron chi connectivity index (χ2n) is 6.14. The molecule has 0 amide bonds. The summed E-state index contributed by atoms with van der Waals surface area (Å²) in [7, 11) is 0. The number of Topliss-reactive ketones (excluding diaryl/α,β-unsaturated/α-hetero) is 1. The molecule has 0 atom stereocenters. The molecule has 0 heterocycles. The van der Waals surface area contributed by atoms with Crippen LogP contribution in [-0.4, -0.2) is 30.6 Å². The van der Waals surface area contributed by atoms with Gasteiger partial charge in [0.1, 0.15) is 12.7 Å². The van der Waals surface area contributed by atoms with Gasteiger partial charge in [-0.15, -0.1) is 0 Å². The second-order valence-corrected chi connectivity index (χ2v) is 6.14. The zero-order valence-corrected chi connectivity index (χ0v) is 12.8. The van der Waals surface area contributed by atoms with E-state index in [1.54, 1.807) is 0 Å².